The minimum absolute atomic E-state index is 0.00531. The molecule has 5 heteroatoms. The molecule has 0 saturated heterocycles. The molecular weight excluding hydrogens is 334 g/mol. The maximum atomic E-state index is 13.7. The summed E-state index contributed by atoms with van der Waals surface area (Å²) in [6.07, 6.45) is 1.39. The Balaban J connectivity index is 2.13. The van der Waals surface area contributed by atoms with Gasteiger partial charge in [-0.05, 0) is 22.6 Å². The molecule has 0 radical (unpaired) electrons. The van der Waals surface area contributed by atoms with E-state index in [-0.39, 0.29) is 21.9 Å². The highest BCUT2D eigenvalue weighted by Gasteiger charge is 2.15. The van der Waals surface area contributed by atoms with Crippen molar-refractivity contribution in [3.8, 4) is 6.07 Å². The second-order valence-electron chi connectivity index (χ2n) is 7.34. The van der Waals surface area contributed by atoms with E-state index in [0.717, 1.165) is 17.7 Å². The molecule has 0 atom stereocenters. The molecule has 0 aliphatic rings. The summed E-state index contributed by atoms with van der Waals surface area (Å²) < 4.78 is 28.9. The summed E-state index contributed by atoms with van der Waals surface area (Å²) in [5.74, 6) is -2.13. The Bertz CT molecular complexity index is 1080. The van der Waals surface area contributed by atoms with Gasteiger partial charge in [0.1, 0.15) is 11.6 Å². The van der Waals surface area contributed by atoms with Gasteiger partial charge in [-0.1, -0.05) is 45.0 Å². The Morgan fingerprint density at radius 1 is 1.08 bits per heavy atom. The molecule has 0 aliphatic heterocycles. The Kier molecular flexibility index (Phi) is 4.37. The second-order valence-corrected chi connectivity index (χ2v) is 7.34. The minimum atomic E-state index is -1.11. The fourth-order valence-electron chi connectivity index (χ4n) is 2.90. The lowest BCUT2D eigenvalue weighted by molar-refractivity contribution is 0.510. The Morgan fingerprint density at radius 2 is 1.69 bits per heavy atom. The number of aromatic nitrogens is 1. The number of hydrogen-bond donors (Lipinski definition) is 0. The average Bonchev–Trinajstić information content (AvgIpc) is 2.59. The zero-order valence-electron chi connectivity index (χ0n) is 14.8. The molecular formula is C21H18F2N2O. The maximum absolute atomic E-state index is 13.7. The third-order valence-corrected chi connectivity index (χ3v) is 4.42. The van der Waals surface area contributed by atoms with Crippen LogP contribution in [0.2, 0.25) is 0 Å². The molecule has 1 heterocycles. The van der Waals surface area contributed by atoms with E-state index in [9.17, 15) is 18.8 Å². The molecule has 3 aromatic rings. The molecule has 0 N–H and O–H groups in total. The lowest BCUT2D eigenvalue weighted by Gasteiger charge is -2.19. The van der Waals surface area contributed by atoms with Crippen molar-refractivity contribution < 1.29 is 8.78 Å². The van der Waals surface area contributed by atoms with Gasteiger partial charge >= 0.3 is 0 Å². The van der Waals surface area contributed by atoms with E-state index >= 15 is 0 Å². The number of pyridine rings is 1. The van der Waals surface area contributed by atoms with Crippen LogP contribution in [0.3, 0.4) is 0 Å². The standard InChI is InChI=1S/C21H18F2N2O/c1-21(2,3)15-6-4-13(5-7-15)11-25-12-14(10-24)20(26)16-8-17(22)18(23)9-19(16)25/h4-9,12H,11H2,1-3H3. The number of nitriles is 1. The van der Waals surface area contributed by atoms with Gasteiger partial charge in [-0.15, -0.1) is 0 Å². The van der Waals surface area contributed by atoms with E-state index in [1.54, 1.807) is 4.57 Å². The molecule has 2 aromatic carbocycles. The Labute approximate surface area is 150 Å². The monoisotopic (exact) mass is 352 g/mol. The SMILES string of the molecule is CC(C)(C)c1ccc(Cn2cc(C#N)c(=O)c3cc(F)c(F)cc32)cc1. The van der Waals surface area contributed by atoms with E-state index in [2.05, 4.69) is 20.8 Å². The van der Waals surface area contributed by atoms with Crippen LogP contribution in [0.1, 0.15) is 37.5 Å². The van der Waals surface area contributed by atoms with E-state index in [1.807, 2.05) is 30.3 Å². The van der Waals surface area contributed by atoms with Gasteiger partial charge in [0, 0.05) is 18.8 Å². The molecule has 26 heavy (non-hydrogen) atoms. The van der Waals surface area contributed by atoms with Crippen molar-refractivity contribution in [2.75, 3.05) is 0 Å². The number of rotatable bonds is 2. The first-order valence-corrected chi connectivity index (χ1v) is 8.22. The third kappa shape index (κ3) is 3.23. The van der Waals surface area contributed by atoms with Crippen molar-refractivity contribution in [3.05, 3.63) is 81.1 Å². The summed E-state index contributed by atoms with van der Waals surface area (Å²) in [5.41, 5.74) is 1.69. The van der Waals surface area contributed by atoms with Crippen LogP contribution in [0.5, 0.6) is 0 Å². The molecule has 132 valence electrons. The van der Waals surface area contributed by atoms with Crippen LogP contribution >= 0.6 is 0 Å². The summed E-state index contributed by atoms with van der Waals surface area (Å²) >= 11 is 0. The van der Waals surface area contributed by atoms with Gasteiger partial charge in [0.15, 0.2) is 11.6 Å². The minimum Gasteiger partial charge on any atom is -0.341 e. The molecule has 0 unspecified atom stereocenters. The highest BCUT2D eigenvalue weighted by atomic mass is 19.2. The van der Waals surface area contributed by atoms with Crippen molar-refractivity contribution in [1.29, 1.82) is 5.26 Å². The smallest absolute Gasteiger partial charge is 0.207 e. The largest absolute Gasteiger partial charge is 0.341 e. The van der Waals surface area contributed by atoms with Crippen LogP contribution in [0.15, 0.2) is 47.4 Å². The van der Waals surface area contributed by atoms with Crippen molar-refractivity contribution >= 4 is 10.9 Å². The Hall–Kier alpha value is -3.00. The van der Waals surface area contributed by atoms with Crippen molar-refractivity contribution in [2.45, 2.75) is 32.7 Å². The van der Waals surface area contributed by atoms with Crippen LogP contribution in [-0.4, -0.2) is 4.57 Å². The fraction of sp³-hybridized carbons (Fsp3) is 0.238. The van der Waals surface area contributed by atoms with Crippen LogP contribution < -0.4 is 5.43 Å². The summed E-state index contributed by atoms with van der Waals surface area (Å²) in [5, 5.41) is 9.18. The first kappa shape index (κ1) is 17.8. The van der Waals surface area contributed by atoms with Crippen molar-refractivity contribution in [2.24, 2.45) is 0 Å². The van der Waals surface area contributed by atoms with Crippen molar-refractivity contribution in [3.63, 3.8) is 0 Å². The van der Waals surface area contributed by atoms with E-state index < -0.39 is 17.1 Å². The van der Waals surface area contributed by atoms with Crippen LogP contribution in [-0.2, 0) is 12.0 Å². The first-order valence-electron chi connectivity index (χ1n) is 8.22. The maximum Gasteiger partial charge on any atom is 0.207 e. The first-order chi connectivity index (χ1) is 12.2. The van der Waals surface area contributed by atoms with E-state index in [1.165, 1.54) is 11.8 Å². The molecule has 0 saturated carbocycles. The highest BCUT2D eigenvalue weighted by molar-refractivity contribution is 5.80. The van der Waals surface area contributed by atoms with Crippen LogP contribution in [0.25, 0.3) is 10.9 Å². The number of halogens is 2. The predicted molar refractivity (Wildman–Crippen MR) is 97.1 cm³/mol. The Morgan fingerprint density at radius 3 is 2.27 bits per heavy atom. The average molecular weight is 352 g/mol. The molecule has 1 aromatic heterocycles. The van der Waals surface area contributed by atoms with Gasteiger partial charge in [-0.3, -0.25) is 4.79 Å². The van der Waals surface area contributed by atoms with Gasteiger partial charge < -0.3 is 4.57 Å². The van der Waals surface area contributed by atoms with Crippen LogP contribution in [0, 0.1) is 23.0 Å². The number of fused-ring (bicyclic) bond motifs is 1. The zero-order chi connectivity index (χ0) is 19.1. The van der Waals surface area contributed by atoms with Gasteiger partial charge in [-0.25, -0.2) is 8.78 Å². The third-order valence-electron chi connectivity index (χ3n) is 4.42. The van der Waals surface area contributed by atoms with Gasteiger partial charge in [-0.2, -0.15) is 5.26 Å². The van der Waals surface area contributed by atoms with Gasteiger partial charge in [0.2, 0.25) is 5.43 Å². The normalized spacial score (nSPS) is 11.5. The zero-order valence-corrected chi connectivity index (χ0v) is 14.8. The molecule has 3 nitrogen and oxygen atoms in total. The second kappa shape index (κ2) is 6.38. The summed E-state index contributed by atoms with van der Waals surface area (Å²) in [6.45, 7) is 6.69. The van der Waals surface area contributed by atoms with Crippen molar-refractivity contribution in [1.82, 2.24) is 4.57 Å². The quantitative estimate of drug-likeness (QED) is 0.682. The summed E-state index contributed by atoms with van der Waals surface area (Å²) in [4.78, 5) is 12.3. The number of hydrogen-bond acceptors (Lipinski definition) is 2. The molecule has 0 bridgehead atoms. The highest BCUT2D eigenvalue weighted by Crippen LogP contribution is 2.23. The van der Waals surface area contributed by atoms with Gasteiger partial charge in [0.25, 0.3) is 0 Å². The van der Waals surface area contributed by atoms with Gasteiger partial charge in [0.05, 0.1) is 10.9 Å². The summed E-state index contributed by atoms with van der Waals surface area (Å²) in [7, 11) is 0. The number of nitrogens with zero attached hydrogens (tertiary/aromatic N) is 2. The molecule has 3 rings (SSSR count). The number of benzene rings is 2. The van der Waals surface area contributed by atoms with E-state index in [4.69, 9.17) is 0 Å². The molecule has 0 fully saturated rings. The summed E-state index contributed by atoms with van der Waals surface area (Å²) in [6, 6.07) is 11.6. The van der Waals surface area contributed by atoms with E-state index in [0.29, 0.717) is 6.54 Å². The predicted octanol–water partition coefficient (Wildman–Crippen LogP) is 4.50. The lowest BCUT2D eigenvalue weighted by atomic mass is 9.87. The fourth-order valence-corrected chi connectivity index (χ4v) is 2.90. The lowest BCUT2D eigenvalue weighted by Crippen LogP contribution is -2.15. The molecule has 0 spiro atoms. The van der Waals surface area contributed by atoms with Crippen LogP contribution in [0.4, 0.5) is 8.78 Å². The molecule has 0 amide bonds. The molecule has 0 aliphatic carbocycles. The topological polar surface area (TPSA) is 45.8 Å².